The van der Waals surface area contributed by atoms with Gasteiger partial charge in [0.05, 0.1) is 5.02 Å². The van der Waals surface area contributed by atoms with Gasteiger partial charge >= 0.3 is 0 Å². The highest BCUT2D eigenvalue weighted by molar-refractivity contribution is 9.10. The fourth-order valence-corrected chi connectivity index (χ4v) is 2.51. The van der Waals surface area contributed by atoms with Gasteiger partial charge in [-0.15, -0.1) is 0 Å². The first-order valence-electron chi connectivity index (χ1n) is 6.42. The Hall–Kier alpha value is -1.10. The summed E-state index contributed by atoms with van der Waals surface area (Å²) >= 11 is 9.47. The maximum Gasteiger partial charge on any atom is 0.219 e. The molecule has 0 radical (unpaired) electrons. The summed E-state index contributed by atoms with van der Waals surface area (Å²) in [7, 11) is 0. The molecule has 0 amide bonds. The highest BCUT2D eigenvalue weighted by Crippen LogP contribution is 2.31. The number of pyridine rings is 1. The van der Waals surface area contributed by atoms with Gasteiger partial charge in [-0.3, -0.25) is 0 Å². The zero-order valence-electron chi connectivity index (χ0n) is 11.4. The molecule has 0 aliphatic carbocycles. The average molecular weight is 356 g/mol. The van der Waals surface area contributed by atoms with E-state index >= 15 is 0 Å². The molecule has 2 rings (SSSR count). The van der Waals surface area contributed by atoms with Crippen molar-refractivity contribution in [3.05, 3.63) is 51.6 Å². The lowest BCUT2D eigenvalue weighted by atomic mass is 10.1. The van der Waals surface area contributed by atoms with Crippen molar-refractivity contribution < 1.29 is 4.74 Å². The molecular formula is C15H16BrClN2O. The molecule has 1 aromatic heterocycles. The quantitative estimate of drug-likeness (QED) is 0.823. The number of benzene rings is 1. The van der Waals surface area contributed by atoms with E-state index in [1.54, 1.807) is 6.07 Å². The Morgan fingerprint density at radius 3 is 2.75 bits per heavy atom. The van der Waals surface area contributed by atoms with Crippen molar-refractivity contribution in [3.63, 3.8) is 0 Å². The van der Waals surface area contributed by atoms with Gasteiger partial charge in [0.25, 0.3) is 0 Å². The lowest BCUT2D eigenvalue weighted by molar-refractivity contribution is 0.461. The Morgan fingerprint density at radius 1 is 1.35 bits per heavy atom. The molecule has 0 aliphatic rings. The molecule has 3 nitrogen and oxygen atoms in total. The van der Waals surface area contributed by atoms with E-state index in [1.807, 2.05) is 30.5 Å². The van der Waals surface area contributed by atoms with Crippen molar-refractivity contribution in [1.82, 2.24) is 10.3 Å². The molecule has 1 heterocycles. The summed E-state index contributed by atoms with van der Waals surface area (Å²) in [5.74, 6) is 1.12. The van der Waals surface area contributed by atoms with Crippen molar-refractivity contribution in [2.75, 3.05) is 6.54 Å². The summed E-state index contributed by atoms with van der Waals surface area (Å²) in [6.45, 7) is 5.11. The third kappa shape index (κ3) is 3.95. The molecule has 5 heteroatoms. The van der Waals surface area contributed by atoms with E-state index in [0.717, 1.165) is 16.6 Å². The van der Waals surface area contributed by atoms with Crippen LogP contribution in [0.25, 0.3) is 0 Å². The molecule has 0 fully saturated rings. The zero-order valence-corrected chi connectivity index (χ0v) is 13.7. The van der Waals surface area contributed by atoms with Crippen LogP contribution >= 0.6 is 27.5 Å². The number of halogens is 2. The van der Waals surface area contributed by atoms with Gasteiger partial charge in [-0.1, -0.05) is 40.5 Å². The Bertz CT molecular complexity index is 575. The molecule has 0 saturated carbocycles. The van der Waals surface area contributed by atoms with Crippen LogP contribution in [0.15, 0.2) is 41.0 Å². The molecule has 0 saturated heterocycles. The van der Waals surface area contributed by atoms with Gasteiger partial charge < -0.3 is 10.1 Å². The second kappa shape index (κ2) is 7.07. The molecule has 106 valence electrons. The first kappa shape index (κ1) is 15.3. The molecule has 0 bridgehead atoms. The number of nitrogens with one attached hydrogen (secondary N) is 1. The number of hydrogen-bond acceptors (Lipinski definition) is 3. The fourth-order valence-electron chi connectivity index (χ4n) is 1.80. The minimum Gasteiger partial charge on any atom is -0.437 e. The van der Waals surface area contributed by atoms with Crippen LogP contribution in [0, 0.1) is 0 Å². The van der Waals surface area contributed by atoms with Crippen molar-refractivity contribution in [3.8, 4) is 11.6 Å². The number of ether oxygens (including phenoxy) is 1. The molecule has 1 N–H and O–H groups in total. The molecule has 1 atom stereocenters. The largest absolute Gasteiger partial charge is 0.437 e. The summed E-state index contributed by atoms with van der Waals surface area (Å²) in [6.07, 6.45) is 1.81. The second-order valence-corrected chi connectivity index (χ2v) is 5.71. The van der Waals surface area contributed by atoms with Gasteiger partial charge in [0, 0.05) is 22.8 Å². The van der Waals surface area contributed by atoms with Gasteiger partial charge in [-0.2, -0.15) is 0 Å². The minimum atomic E-state index is 0.276. The van der Waals surface area contributed by atoms with E-state index in [4.69, 9.17) is 16.3 Å². The van der Waals surface area contributed by atoms with Crippen molar-refractivity contribution >= 4 is 27.5 Å². The topological polar surface area (TPSA) is 34.1 Å². The lowest BCUT2D eigenvalue weighted by Crippen LogP contribution is -2.17. The van der Waals surface area contributed by atoms with Crippen LogP contribution in [0.3, 0.4) is 0 Å². The van der Waals surface area contributed by atoms with Crippen LogP contribution < -0.4 is 10.1 Å². The summed E-state index contributed by atoms with van der Waals surface area (Å²) in [4.78, 5) is 4.31. The van der Waals surface area contributed by atoms with E-state index in [1.165, 1.54) is 0 Å². The van der Waals surface area contributed by atoms with Crippen LogP contribution in [0.5, 0.6) is 11.6 Å². The zero-order chi connectivity index (χ0) is 14.5. The van der Waals surface area contributed by atoms with Crippen molar-refractivity contribution in [2.24, 2.45) is 0 Å². The SMILES string of the molecule is CCNC(C)c1ccc(Oc2ccc(Br)cc2Cl)nc1. The van der Waals surface area contributed by atoms with E-state index in [0.29, 0.717) is 16.7 Å². The van der Waals surface area contributed by atoms with Gasteiger partial charge in [0.2, 0.25) is 5.88 Å². The van der Waals surface area contributed by atoms with Crippen LogP contribution in [0.4, 0.5) is 0 Å². The third-order valence-corrected chi connectivity index (χ3v) is 3.67. The van der Waals surface area contributed by atoms with Gasteiger partial charge in [-0.25, -0.2) is 4.98 Å². The molecule has 1 unspecified atom stereocenters. The van der Waals surface area contributed by atoms with E-state index < -0.39 is 0 Å². The Labute approximate surface area is 132 Å². The average Bonchev–Trinajstić information content (AvgIpc) is 2.43. The Kier molecular flexibility index (Phi) is 5.40. The molecule has 2 aromatic rings. The van der Waals surface area contributed by atoms with Crippen LogP contribution in [0.2, 0.25) is 5.02 Å². The predicted molar refractivity (Wildman–Crippen MR) is 85.6 cm³/mol. The maximum absolute atomic E-state index is 6.11. The Balaban J connectivity index is 2.10. The minimum absolute atomic E-state index is 0.276. The normalized spacial score (nSPS) is 12.2. The smallest absolute Gasteiger partial charge is 0.219 e. The highest BCUT2D eigenvalue weighted by atomic mass is 79.9. The maximum atomic E-state index is 6.11. The number of aromatic nitrogens is 1. The summed E-state index contributed by atoms with van der Waals surface area (Å²) in [5.41, 5.74) is 1.13. The predicted octanol–water partition coefficient (Wildman–Crippen LogP) is 4.96. The van der Waals surface area contributed by atoms with E-state index in [2.05, 4.69) is 40.1 Å². The molecule has 1 aromatic carbocycles. The van der Waals surface area contributed by atoms with Crippen LogP contribution in [0.1, 0.15) is 25.5 Å². The second-order valence-electron chi connectivity index (χ2n) is 4.39. The highest BCUT2D eigenvalue weighted by Gasteiger charge is 2.07. The summed E-state index contributed by atoms with van der Waals surface area (Å²) in [5, 5.41) is 3.89. The number of hydrogen-bond donors (Lipinski definition) is 1. The molecule has 0 aliphatic heterocycles. The van der Waals surface area contributed by atoms with Crippen LogP contribution in [-0.4, -0.2) is 11.5 Å². The third-order valence-electron chi connectivity index (χ3n) is 2.88. The Morgan fingerprint density at radius 2 is 2.15 bits per heavy atom. The van der Waals surface area contributed by atoms with Gasteiger partial charge in [0.1, 0.15) is 5.75 Å². The number of rotatable bonds is 5. The summed E-state index contributed by atoms with van der Waals surface area (Å²) < 4.78 is 6.59. The lowest BCUT2D eigenvalue weighted by Gasteiger charge is -2.13. The van der Waals surface area contributed by atoms with E-state index in [-0.39, 0.29) is 6.04 Å². The standard InChI is InChI=1S/C15H16BrClN2O/c1-3-18-10(2)11-4-7-15(19-9-11)20-14-6-5-12(16)8-13(14)17/h4-10,18H,3H2,1-2H3. The first-order valence-corrected chi connectivity index (χ1v) is 7.59. The monoisotopic (exact) mass is 354 g/mol. The van der Waals surface area contributed by atoms with Gasteiger partial charge in [0.15, 0.2) is 0 Å². The van der Waals surface area contributed by atoms with Gasteiger partial charge in [-0.05, 0) is 37.2 Å². The number of nitrogens with zero attached hydrogens (tertiary/aromatic N) is 1. The van der Waals surface area contributed by atoms with Crippen LogP contribution in [-0.2, 0) is 0 Å². The molecule has 0 spiro atoms. The van der Waals surface area contributed by atoms with E-state index in [9.17, 15) is 0 Å². The molecule has 20 heavy (non-hydrogen) atoms. The molecular weight excluding hydrogens is 340 g/mol. The van der Waals surface area contributed by atoms with Crippen molar-refractivity contribution in [2.45, 2.75) is 19.9 Å². The van der Waals surface area contributed by atoms with Crippen molar-refractivity contribution in [1.29, 1.82) is 0 Å². The summed E-state index contributed by atoms with van der Waals surface area (Å²) in [6, 6.07) is 9.60. The fraction of sp³-hybridized carbons (Fsp3) is 0.267. The first-order chi connectivity index (χ1) is 9.60.